The van der Waals surface area contributed by atoms with Crippen molar-refractivity contribution < 1.29 is 48.6 Å². The summed E-state index contributed by atoms with van der Waals surface area (Å²) in [4.78, 5) is 104. The van der Waals surface area contributed by atoms with Crippen LogP contribution in [0, 0.1) is 0 Å². The van der Waals surface area contributed by atoms with E-state index in [9.17, 15) is 48.6 Å². The van der Waals surface area contributed by atoms with Crippen molar-refractivity contribution in [3.8, 4) is 11.5 Å². The average molecular weight is 959 g/mol. The Morgan fingerprint density at radius 3 is 1.63 bits per heavy atom. The highest BCUT2D eigenvalue weighted by molar-refractivity contribution is 8.76. The molecule has 0 heterocycles. The molecule has 13 N–H and O–H groups in total. The first-order valence-corrected chi connectivity index (χ1v) is 23.6. The number of rotatable bonds is 28. The Morgan fingerprint density at radius 1 is 0.585 bits per heavy atom. The molecule has 4 unspecified atom stereocenters. The summed E-state index contributed by atoms with van der Waals surface area (Å²) in [5.74, 6) is -5.39. The van der Waals surface area contributed by atoms with Crippen molar-refractivity contribution in [2.24, 2.45) is 11.5 Å². The predicted molar refractivity (Wildman–Crippen MR) is 248 cm³/mol. The van der Waals surface area contributed by atoms with E-state index in [4.69, 9.17) is 23.1 Å². The van der Waals surface area contributed by atoms with Gasteiger partial charge in [0.1, 0.15) is 35.7 Å². The van der Waals surface area contributed by atoms with Crippen LogP contribution in [0.1, 0.15) is 42.4 Å². The van der Waals surface area contributed by atoms with E-state index in [1.807, 2.05) is 6.26 Å². The number of amides is 8. The van der Waals surface area contributed by atoms with Gasteiger partial charge in [-0.2, -0.15) is 0 Å². The summed E-state index contributed by atoms with van der Waals surface area (Å²) < 4.78 is 0. The number of unbranched alkanes of at least 4 members (excludes halogenated alkanes) is 1. The van der Waals surface area contributed by atoms with E-state index in [-0.39, 0.29) is 48.8 Å². The van der Waals surface area contributed by atoms with Crippen molar-refractivity contribution in [1.82, 2.24) is 37.2 Å². The van der Waals surface area contributed by atoms with E-state index >= 15 is 0 Å². The van der Waals surface area contributed by atoms with Gasteiger partial charge in [-0.15, -0.1) is 0 Å². The maximum atomic E-state index is 13.7. The Labute approximate surface area is 389 Å². The number of hydrogen-bond donors (Lipinski definition) is 11. The Bertz CT molecular complexity index is 2070. The summed E-state index contributed by atoms with van der Waals surface area (Å²) in [6, 6.07) is 14.4. The van der Waals surface area contributed by atoms with Crippen molar-refractivity contribution >= 4 is 80.4 Å². The smallest absolute Gasteiger partial charge is 0.244 e. The van der Waals surface area contributed by atoms with E-state index in [1.165, 1.54) is 45.9 Å². The monoisotopic (exact) mass is 957 g/mol. The summed E-state index contributed by atoms with van der Waals surface area (Å²) >= 11 is 5.96. The Balaban J connectivity index is 1.59. The van der Waals surface area contributed by atoms with E-state index in [0.717, 1.165) is 5.56 Å². The molecule has 19 nitrogen and oxygen atoms in total. The van der Waals surface area contributed by atoms with E-state index in [1.54, 1.807) is 48.5 Å². The lowest BCUT2D eigenvalue weighted by molar-refractivity contribution is -0.133. The number of carbonyl (C=O) groups excluding carboxylic acids is 8. The third-order valence-electron chi connectivity index (χ3n) is 9.51. The number of nitrogens with one attached hydrogen (secondary N) is 7. The van der Waals surface area contributed by atoms with Crippen LogP contribution in [0.2, 0.25) is 5.02 Å². The van der Waals surface area contributed by atoms with E-state index < -0.39 is 85.2 Å². The molecular formula is C43H56ClN9O10S2. The molecule has 65 heavy (non-hydrogen) atoms. The summed E-state index contributed by atoms with van der Waals surface area (Å²) in [6.07, 6.45) is 3.36. The second kappa shape index (κ2) is 28.7. The van der Waals surface area contributed by atoms with Crippen LogP contribution < -0.4 is 48.7 Å². The normalized spacial score (nSPS) is 12.6. The first-order chi connectivity index (χ1) is 31.1. The minimum absolute atomic E-state index is 0.0157. The quantitative estimate of drug-likeness (QED) is 0.0340. The molecule has 0 aromatic heterocycles. The summed E-state index contributed by atoms with van der Waals surface area (Å²) in [5, 5.41) is 37.5. The largest absolute Gasteiger partial charge is 0.508 e. The second-order valence-electron chi connectivity index (χ2n) is 14.6. The molecule has 0 spiro atoms. The highest BCUT2D eigenvalue weighted by Gasteiger charge is 2.29. The number of nitrogens with two attached hydrogens (primary N) is 2. The molecule has 3 aromatic carbocycles. The SMILES string of the molecule is CSSCC(NC(=O)CCc1ccc(Cl)cc1)C(=O)NC(Cc1ccc(O)cc1)C(=O)NCC(=O)NC(CCCCN)C(=O)NCC(=O)NCC(=O)NC(Cc1ccc(O)cc1)C(N)=O. The lowest BCUT2D eigenvalue weighted by Gasteiger charge is -2.23. The van der Waals surface area contributed by atoms with Gasteiger partial charge in [-0.3, -0.25) is 38.4 Å². The molecule has 0 bridgehead atoms. The van der Waals surface area contributed by atoms with Gasteiger partial charge in [0.2, 0.25) is 47.3 Å². The number of aryl methyl sites for hydroxylation is 1. The van der Waals surface area contributed by atoms with Gasteiger partial charge in [-0.1, -0.05) is 69.6 Å². The lowest BCUT2D eigenvalue weighted by atomic mass is 10.0. The molecule has 0 aliphatic rings. The summed E-state index contributed by atoms with van der Waals surface area (Å²) in [6.45, 7) is -1.41. The molecular weight excluding hydrogens is 902 g/mol. The summed E-state index contributed by atoms with van der Waals surface area (Å²) in [5.41, 5.74) is 13.1. The van der Waals surface area contributed by atoms with Crippen LogP contribution in [0.3, 0.4) is 0 Å². The van der Waals surface area contributed by atoms with Crippen molar-refractivity contribution in [3.63, 3.8) is 0 Å². The van der Waals surface area contributed by atoms with Crippen LogP contribution in [0.5, 0.6) is 11.5 Å². The van der Waals surface area contributed by atoms with Gasteiger partial charge in [0.25, 0.3) is 0 Å². The zero-order chi connectivity index (χ0) is 47.7. The first-order valence-electron chi connectivity index (χ1n) is 20.5. The van der Waals surface area contributed by atoms with Gasteiger partial charge < -0.3 is 58.9 Å². The third kappa shape index (κ3) is 21.0. The van der Waals surface area contributed by atoms with Gasteiger partial charge in [0.05, 0.1) is 19.6 Å². The highest BCUT2D eigenvalue weighted by Crippen LogP contribution is 2.19. The molecule has 0 radical (unpaired) electrons. The van der Waals surface area contributed by atoms with Crippen LogP contribution in [-0.4, -0.2) is 120 Å². The predicted octanol–water partition coefficient (Wildman–Crippen LogP) is 0.0825. The van der Waals surface area contributed by atoms with Gasteiger partial charge in [-0.25, -0.2) is 0 Å². The second-order valence-corrected chi connectivity index (χ2v) is 17.7. The summed E-state index contributed by atoms with van der Waals surface area (Å²) in [7, 11) is 2.72. The van der Waals surface area contributed by atoms with E-state index in [2.05, 4.69) is 37.2 Å². The van der Waals surface area contributed by atoms with Crippen LogP contribution in [-0.2, 0) is 57.6 Å². The highest BCUT2D eigenvalue weighted by atomic mass is 35.5. The molecule has 0 fully saturated rings. The molecule has 0 saturated heterocycles. The average Bonchev–Trinajstić information content (AvgIpc) is 3.28. The third-order valence-corrected chi connectivity index (χ3v) is 11.6. The van der Waals surface area contributed by atoms with Gasteiger partial charge in [0, 0.05) is 30.0 Å². The number of aromatic hydroxyl groups is 2. The molecule has 4 atom stereocenters. The fourth-order valence-corrected chi connectivity index (χ4v) is 7.46. The van der Waals surface area contributed by atoms with Crippen LogP contribution >= 0.6 is 33.2 Å². The molecule has 0 aliphatic carbocycles. The number of carbonyl (C=O) groups is 8. The number of phenols is 2. The molecule has 8 amide bonds. The van der Waals surface area contributed by atoms with Crippen LogP contribution in [0.15, 0.2) is 72.8 Å². The minimum atomic E-state index is -1.24. The van der Waals surface area contributed by atoms with Gasteiger partial charge in [-0.05, 0) is 91.6 Å². The Morgan fingerprint density at radius 2 is 1.08 bits per heavy atom. The number of primary amides is 1. The molecule has 3 rings (SSSR count). The maximum absolute atomic E-state index is 13.7. The van der Waals surface area contributed by atoms with Crippen molar-refractivity contribution in [3.05, 3.63) is 94.5 Å². The number of halogens is 1. The standard InChI is InChI=1S/C43H56ClN9O10S2/c1-64-65-25-35(52-36(56)18-11-26-5-12-29(44)13-6-26)43(63)53-34(21-28-9-16-31(55)17-10-28)42(62)49-24-39(59)50-32(4-2-3-19-45)41(61)48-22-37(57)47-23-38(58)51-33(40(46)60)20-27-7-14-30(54)15-8-27/h5-10,12-17,32-35,54-55H,2-4,11,18-25,45H2,1H3,(H2,46,60)(H,47,57)(H,48,61)(H,49,62)(H,50,59)(H,51,58)(H,52,56)(H,53,63). The van der Waals surface area contributed by atoms with Crippen LogP contribution in [0.4, 0.5) is 0 Å². The fourth-order valence-electron chi connectivity index (χ4n) is 6.01. The maximum Gasteiger partial charge on any atom is 0.244 e. The van der Waals surface area contributed by atoms with Crippen molar-refractivity contribution in [2.75, 3.05) is 38.2 Å². The lowest BCUT2D eigenvalue weighted by Crippen LogP contribution is -2.56. The number of phenolic OH excluding ortho intramolecular Hbond substituents is 2. The van der Waals surface area contributed by atoms with Gasteiger partial charge in [0.15, 0.2) is 0 Å². The molecule has 0 aliphatic heterocycles. The topological polar surface area (TPSA) is 313 Å². The van der Waals surface area contributed by atoms with Crippen molar-refractivity contribution in [1.29, 1.82) is 0 Å². The van der Waals surface area contributed by atoms with E-state index in [0.29, 0.717) is 42.0 Å². The van der Waals surface area contributed by atoms with Gasteiger partial charge >= 0.3 is 0 Å². The zero-order valence-electron chi connectivity index (χ0n) is 35.7. The first kappa shape index (κ1) is 53.3. The minimum Gasteiger partial charge on any atom is -0.508 e. The molecule has 3 aromatic rings. The number of hydrogen-bond acceptors (Lipinski definition) is 13. The molecule has 22 heteroatoms. The fraction of sp³-hybridized carbons (Fsp3) is 0.395. The Hall–Kier alpha value is -6.03. The van der Waals surface area contributed by atoms with Crippen LogP contribution in [0.25, 0.3) is 0 Å². The zero-order valence-corrected chi connectivity index (χ0v) is 38.1. The number of benzene rings is 3. The molecule has 0 saturated carbocycles. The Kier molecular flexibility index (Phi) is 23.5. The van der Waals surface area contributed by atoms with Crippen molar-refractivity contribution in [2.45, 2.75) is 69.1 Å². The molecule has 352 valence electrons.